The first kappa shape index (κ1) is 12.9. The van der Waals surface area contributed by atoms with Crippen LogP contribution < -0.4 is 10.6 Å². The highest BCUT2D eigenvalue weighted by Crippen LogP contribution is 2.31. The molecule has 0 heterocycles. The van der Waals surface area contributed by atoms with E-state index in [1.165, 1.54) is 6.42 Å². The third-order valence-corrected chi connectivity index (χ3v) is 3.60. The van der Waals surface area contributed by atoms with Gasteiger partial charge in [-0.2, -0.15) is 0 Å². The summed E-state index contributed by atoms with van der Waals surface area (Å²) >= 11 is 0. The minimum Gasteiger partial charge on any atom is -0.385 e. The second-order valence-corrected chi connectivity index (χ2v) is 5.37. The van der Waals surface area contributed by atoms with Gasteiger partial charge in [0.2, 0.25) is 0 Å². The first-order valence-corrected chi connectivity index (χ1v) is 6.79. The fourth-order valence-electron chi connectivity index (χ4n) is 2.19. The van der Waals surface area contributed by atoms with E-state index in [4.69, 9.17) is 0 Å². The normalized spacial score (nSPS) is 16.8. The summed E-state index contributed by atoms with van der Waals surface area (Å²) in [5.41, 5.74) is 1.84. The van der Waals surface area contributed by atoms with Gasteiger partial charge in [0.25, 0.3) is 5.91 Å². The van der Waals surface area contributed by atoms with Crippen LogP contribution in [0.15, 0.2) is 24.3 Å². The molecule has 1 aliphatic carbocycles. The SMILES string of the molecule is CCCNc1ccc(C(=O)NC2(C)CCC2)cc1. The van der Waals surface area contributed by atoms with Gasteiger partial charge in [-0.25, -0.2) is 0 Å². The minimum absolute atomic E-state index is 0.0240. The van der Waals surface area contributed by atoms with E-state index in [9.17, 15) is 4.79 Å². The number of anilines is 1. The summed E-state index contributed by atoms with van der Waals surface area (Å²) in [6.45, 7) is 5.21. The number of amides is 1. The molecule has 1 saturated carbocycles. The summed E-state index contributed by atoms with van der Waals surface area (Å²) < 4.78 is 0. The molecular weight excluding hydrogens is 224 g/mol. The number of hydrogen-bond acceptors (Lipinski definition) is 2. The number of hydrogen-bond donors (Lipinski definition) is 2. The van der Waals surface area contributed by atoms with Crippen LogP contribution in [0.3, 0.4) is 0 Å². The van der Waals surface area contributed by atoms with Gasteiger partial charge in [-0.05, 0) is 56.9 Å². The van der Waals surface area contributed by atoms with E-state index in [1.54, 1.807) is 0 Å². The Morgan fingerprint density at radius 1 is 1.28 bits per heavy atom. The van der Waals surface area contributed by atoms with E-state index in [0.29, 0.717) is 0 Å². The van der Waals surface area contributed by atoms with Gasteiger partial charge in [0, 0.05) is 23.3 Å². The van der Waals surface area contributed by atoms with Crippen molar-refractivity contribution >= 4 is 11.6 Å². The summed E-state index contributed by atoms with van der Waals surface area (Å²) in [7, 11) is 0. The lowest BCUT2D eigenvalue weighted by molar-refractivity contribution is 0.0850. The Morgan fingerprint density at radius 3 is 2.44 bits per heavy atom. The Hall–Kier alpha value is -1.51. The van der Waals surface area contributed by atoms with E-state index in [1.807, 2.05) is 24.3 Å². The predicted molar refractivity (Wildman–Crippen MR) is 74.9 cm³/mol. The largest absolute Gasteiger partial charge is 0.385 e. The highest BCUT2D eigenvalue weighted by atomic mass is 16.1. The zero-order valence-corrected chi connectivity index (χ0v) is 11.3. The quantitative estimate of drug-likeness (QED) is 0.837. The van der Waals surface area contributed by atoms with Crippen LogP contribution in [-0.2, 0) is 0 Å². The number of rotatable bonds is 5. The lowest BCUT2D eigenvalue weighted by Crippen LogP contribution is -2.50. The second kappa shape index (κ2) is 5.42. The average molecular weight is 246 g/mol. The number of carbonyl (C=O) groups is 1. The average Bonchev–Trinajstić information content (AvgIpc) is 2.35. The minimum atomic E-state index is 0.0240. The van der Waals surface area contributed by atoms with Crippen molar-refractivity contribution in [1.82, 2.24) is 5.32 Å². The van der Waals surface area contributed by atoms with Crippen molar-refractivity contribution in [2.75, 3.05) is 11.9 Å². The lowest BCUT2D eigenvalue weighted by atomic mass is 9.78. The molecule has 1 aliphatic rings. The van der Waals surface area contributed by atoms with Gasteiger partial charge in [-0.3, -0.25) is 4.79 Å². The maximum absolute atomic E-state index is 12.0. The van der Waals surface area contributed by atoms with Crippen molar-refractivity contribution in [3.63, 3.8) is 0 Å². The molecule has 18 heavy (non-hydrogen) atoms. The van der Waals surface area contributed by atoms with Crippen molar-refractivity contribution in [1.29, 1.82) is 0 Å². The predicted octanol–water partition coefficient (Wildman–Crippen LogP) is 3.18. The molecule has 1 fully saturated rings. The molecule has 0 atom stereocenters. The lowest BCUT2D eigenvalue weighted by Gasteiger charge is -2.39. The van der Waals surface area contributed by atoms with Crippen LogP contribution in [0.5, 0.6) is 0 Å². The van der Waals surface area contributed by atoms with Crippen LogP contribution in [0, 0.1) is 0 Å². The molecule has 98 valence electrons. The summed E-state index contributed by atoms with van der Waals surface area (Å²) in [5.74, 6) is 0.0410. The maximum Gasteiger partial charge on any atom is 0.251 e. The van der Waals surface area contributed by atoms with Gasteiger partial charge in [-0.1, -0.05) is 6.92 Å². The maximum atomic E-state index is 12.0. The Morgan fingerprint density at radius 2 is 1.94 bits per heavy atom. The Labute approximate surface area is 109 Å². The molecule has 0 aromatic heterocycles. The van der Waals surface area contributed by atoms with Crippen molar-refractivity contribution in [2.24, 2.45) is 0 Å². The highest BCUT2D eigenvalue weighted by Gasteiger charge is 2.33. The van der Waals surface area contributed by atoms with Crippen molar-refractivity contribution in [3.8, 4) is 0 Å². The second-order valence-electron chi connectivity index (χ2n) is 5.37. The van der Waals surface area contributed by atoms with Crippen LogP contribution >= 0.6 is 0 Å². The van der Waals surface area contributed by atoms with Gasteiger partial charge in [0.1, 0.15) is 0 Å². The number of carbonyl (C=O) groups excluding carboxylic acids is 1. The summed E-state index contributed by atoms with van der Waals surface area (Å²) in [6, 6.07) is 7.70. The van der Waals surface area contributed by atoms with Crippen molar-refractivity contribution in [2.45, 2.75) is 45.1 Å². The van der Waals surface area contributed by atoms with Gasteiger partial charge < -0.3 is 10.6 Å². The molecule has 3 heteroatoms. The Bertz CT molecular complexity index is 407. The molecule has 1 aromatic carbocycles. The van der Waals surface area contributed by atoms with Crippen molar-refractivity contribution in [3.05, 3.63) is 29.8 Å². The smallest absolute Gasteiger partial charge is 0.251 e. The first-order chi connectivity index (χ1) is 8.63. The fourth-order valence-corrected chi connectivity index (χ4v) is 2.19. The van der Waals surface area contributed by atoms with Crippen LogP contribution in [0.2, 0.25) is 0 Å². The molecule has 0 bridgehead atoms. The standard InChI is InChI=1S/C15H22N2O/c1-3-11-16-13-7-5-12(6-8-13)14(18)17-15(2)9-4-10-15/h5-8,16H,3-4,9-11H2,1-2H3,(H,17,18). The van der Waals surface area contributed by atoms with Gasteiger partial charge in [0.05, 0.1) is 0 Å². The third kappa shape index (κ3) is 3.03. The molecule has 1 amide bonds. The fraction of sp³-hybridized carbons (Fsp3) is 0.533. The van der Waals surface area contributed by atoms with Crippen molar-refractivity contribution < 1.29 is 4.79 Å². The highest BCUT2D eigenvalue weighted by molar-refractivity contribution is 5.95. The van der Waals surface area contributed by atoms with Crippen LogP contribution in [-0.4, -0.2) is 18.0 Å². The Kier molecular flexibility index (Phi) is 3.90. The molecule has 0 saturated heterocycles. The molecular formula is C15H22N2O. The van der Waals surface area contributed by atoms with E-state index in [-0.39, 0.29) is 11.4 Å². The molecule has 0 spiro atoms. The van der Waals surface area contributed by atoms with E-state index >= 15 is 0 Å². The molecule has 3 nitrogen and oxygen atoms in total. The molecule has 1 aromatic rings. The van der Waals surface area contributed by atoms with Crippen LogP contribution in [0.1, 0.15) is 49.9 Å². The molecule has 0 radical (unpaired) electrons. The summed E-state index contributed by atoms with van der Waals surface area (Å²) in [6.07, 6.45) is 4.50. The van der Waals surface area contributed by atoms with Crippen LogP contribution in [0.4, 0.5) is 5.69 Å². The number of nitrogens with one attached hydrogen (secondary N) is 2. The summed E-state index contributed by atoms with van der Waals surface area (Å²) in [4.78, 5) is 12.0. The molecule has 2 N–H and O–H groups in total. The third-order valence-electron chi connectivity index (χ3n) is 3.60. The number of benzene rings is 1. The van der Waals surface area contributed by atoms with Gasteiger partial charge in [-0.15, -0.1) is 0 Å². The van der Waals surface area contributed by atoms with E-state index in [0.717, 1.165) is 37.1 Å². The molecule has 0 unspecified atom stereocenters. The molecule has 0 aliphatic heterocycles. The monoisotopic (exact) mass is 246 g/mol. The van der Waals surface area contributed by atoms with E-state index in [2.05, 4.69) is 24.5 Å². The molecule has 2 rings (SSSR count). The topological polar surface area (TPSA) is 41.1 Å². The van der Waals surface area contributed by atoms with Crippen LogP contribution in [0.25, 0.3) is 0 Å². The van der Waals surface area contributed by atoms with Gasteiger partial charge >= 0.3 is 0 Å². The Balaban J connectivity index is 1.94. The summed E-state index contributed by atoms with van der Waals surface area (Å²) in [5, 5.41) is 6.41. The zero-order chi connectivity index (χ0) is 13.0. The zero-order valence-electron chi connectivity index (χ0n) is 11.3. The van der Waals surface area contributed by atoms with E-state index < -0.39 is 0 Å². The van der Waals surface area contributed by atoms with Gasteiger partial charge in [0.15, 0.2) is 0 Å². The first-order valence-electron chi connectivity index (χ1n) is 6.79.